The van der Waals surface area contributed by atoms with E-state index in [4.69, 9.17) is 0 Å². The Labute approximate surface area is 127 Å². The fourth-order valence-corrected chi connectivity index (χ4v) is 2.49. The van der Waals surface area contributed by atoms with Crippen molar-refractivity contribution in [2.24, 2.45) is 13.0 Å². The third kappa shape index (κ3) is 2.32. The number of pyridine rings is 1. The summed E-state index contributed by atoms with van der Waals surface area (Å²) < 4.78 is 1.73. The standard InChI is InChI=1S/C16H15N5O/c1-21-14(9-18-20-21)11-4-5-12-8-17-15(7-13(12)6-11)19-16(22)10-2-3-10/h4-10H,2-3H2,1H3,(H,17,19,22). The molecule has 22 heavy (non-hydrogen) atoms. The molecule has 1 aliphatic rings. The lowest BCUT2D eigenvalue weighted by molar-refractivity contribution is -0.117. The van der Waals surface area contributed by atoms with E-state index in [9.17, 15) is 4.79 Å². The van der Waals surface area contributed by atoms with Crippen molar-refractivity contribution in [1.82, 2.24) is 20.0 Å². The molecule has 0 spiro atoms. The molecule has 0 atom stereocenters. The molecular formula is C16H15N5O. The average Bonchev–Trinajstić information content (AvgIpc) is 3.29. The Bertz CT molecular complexity index is 866. The number of hydrogen-bond donors (Lipinski definition) is 1. The molecule has 2 aromatic heterocycles. The lowest BCUT2D eigenvalue weighted by Gasteiger charge is -2.07. The van der Waals surface area contributed by atoms with E-state index >= 15 is 0 Å². The van der Waals surface area contributed by atoms with Crippen molar-refractivity contribution in [3.63, 3.8) is 0 Å². The maximum absolute atomic E-state index is 11.8. The van der Waals surface area contributed by atoms with E-state index in [1.54, 1.807) is 17.1 Å². The van der Waals surface area contributed by atoms with Gasteiger partial charge in [0.05, 0.1) is 11.9 Å². The second-order valence-electron chi connectivity index (χ2n) is 5.64. The molecule has 1 aromatic carbocycles. The molecule has 6 heteroatoms. The van der Waals surface area contributed by atoms with E-state index in [1.807, 2.05) is 25.2 Å². The number of aromatic nitrogens is 4. The topological polar surface area (TPSA) is 72.7 Å². The first-order chi connectivity index (χ1) is 10.7. The highest BCUT2D eigenvalue weighted by Gasteiger charge is 2.29. The number of nitrogens with one attached hydrogen (secondary N) is 1. The van der Waals surface area contributed by atoms with E-state index in [0.717, 1.165) is 34.9 Å². The van der Waals surface area contributed by atoms with Gasteiger partial charge in [0.2, 0.25) is 5.91 Å². The number of fused-ring (bicyclic) bond motifs is 1. The van der Waals surface area contributed by atoms with E-state index in [1.165, 1.54) is 0 Å². The van der Waals surface area contributed by atoms with Gasteiger partial charge in [-0.05, 0) is 30.4 Å². The molecule has 1 N–H and O–H groups in total. The molecule has 2 heterocycles. The van der Waals surface area contributed by atoms with Crippen LogP contribution in [-0.2, 0) is 11.8 Å². The Morgan fingerprint density at radius 2 is 2.09 bits per heavy atom. The molecule has 6 nitrogen and oxygen atoms in total. The van der Waals surface area contributed by atoms with E-state index in [0.29, 0.717) is 5.82 Å². The minimum absolute atomic E-state index is 0.0684. The van der Waals surface area contributed by atoms with Crippen LogP contribution in [0.25, 0.3) is 22.0 Å². The number of benzene rings is 1. The van der Waals surface area contributed by atoms with Crippen molar-refractivity contribution in [1.29, 1.82) is 0 Å². The zero-order chi connectivity index (χ0) is 15.1. The molecule has 4 rings (SSSR count). The largest absolute Gasteiger partial charge is 0.310 e. The number of nitrogens with zero attached hydrogens (tertiary/aromatic N) is 4. The van der Waals surface area contributed by atoms with Crippen molar-refractivity contribution < 1.29 is 4.79 Å². The van der Waals surface area contributed by atoms with Gasteiger partial charge in [0, 0.05) is 30.1 Å². The van der Waals surface area contributed by atoms with Gasteiger partial charge in [-0.2, -0.15) is 0 Å². The number of hydrogen-bond acceptors (Lipinski definition) is 4. The van der Waals surface area contributed by atoms with E-state index in [-0.39, 0.29) is 11.8 Å². The fourth-order valence-electron chi connectivity index (χ4n) is 2.49. The van der Waals surface area contributed by atoms with Gasteiger partial charge in [-0.25, -0.2) is 9.67 Å². The summed E-state index contributed by atoms with van der Waals surface area (Å²) in [6.45, 7) is 0. The summed E-state index contributed by atoms with van der Waals surface area (Å²) in [4.78, 5) is 16.1. The Kier molecular flexibility index (Phi) is 2.89. The van der Waals surface area contributed by atoms with Crippen LogP contribution in [0, 0.1) is 5.92 Å². The van der Waals surface area contributed by atoms with Gasteiger partial charge in [-0.3, -0.25) is 4.79 Å². The maximum Gasteiger partial charge on any atom is 0.228 e. The summed E-state index contributed by atoms with van der Waals surface area (Å²) in [5.74, 6) is 0.841. The number of carbonyl (C=O) groups is 1. The third-order valence-corrected chi connectivity index (χ3v) is 3.93. The van der Waals surface area contributed by atoms with Gasteiger partial charge >= 0.3 is 0 Å². The Morgan fingerprint density at radius 1 is 1.23 bits per heavy atom. The lowest BCUT2D eigenvalue weighted by atomic mass is 10.1. The van der Waals surface area contributed by atoms with Crippen molar-refractivity contribution in [2.45, 2.75) is 12.8 Å². The summed E-state index contributed by atoms with van der Waals surface area (Å²) in [6.07, 6.45) is 5.48. The quantitative estimate of drug-likeness (QED) is 0.804. The van der Waals surface area contributed by atoms with E-state index in [2.05, 4.69) is 26.7 Å². The van der Waals surface area contributed by atoms with Crippen molar-refractivity contribution in [3.05, 3.63) is 36.7 Å². The molecule has 1 amide bonds. The summed E-state index contributed by atoms with van der Waals surface area (Å²) in [5, 5.41) is 12.8. The SMILES string of the molecule is Cn1nncc1-c1ccc2cnc(NC(=O)C3CC3)cc2c1. The van der Waals surface area contributed by atoms with Crippen LogP contribution in [-0.4, -0.2) is 25.9 Å². The minimum atomic E-state index is 0.0684. The van der Waals surface area contributed by atoms with Crippen molar-refractivity contribution in [3.8, 4) is 11.3 Å². The first-order valence-electron chi connectivity index (χ1n) is 7.26. The van der Waals surface area contributed by atoms with Crippen molar-refractivity contribution >= 4 is 22.5 Å². The molecule has 0 aliphatic heterocycles. The second kappa shape index (κ2) is 4.91. The van der Waals surface area contributed by atoms with Crippen molar-refractivity contribution in [2.75, 3.05) is 5.32 Å². The normalized spacial score (nSPS) is 14.2. The molecular weight excluding hydrogens is 278 g/mol. The maximum atomic E-state index is 11.8. The first kappa shape index (κ1) is 12.9. The summed E-state index contributed by atoms with van der Waals surface area (Å²) in [5.41, 5.74) is 1.98. The Hall–Kier alpha value is -2.76. The summed E-state index contributed by atoms with van der Waals surface area (Å²) in [7, 11) is 1.86. The predicted molar refractivity (Wildman–Crippen MR) is 83.1 cm³/mol. The second-order valence-corrected chi connectivity index (χ2v) is 5.64. The molecule has 1 aliphatic carbocycles. The molecule has 0 unspecified atom stereocenters. The Morgan fingerprint density at radius 3 is 2.82 bits per heavy atom. The number of carbonyl (C=O) groups excluding carboxylic acids is 1. The van der Waals surface area contributed by atoms with Crippen LogP contribution < -0.4 is 5.32 Å². The van der Waals surface area contributed by atoms with Gasteiger partial charge < -0.3 is 5.32 Å². The number of amides is 1. The van der Waals surface area contributed by atoms with Crippen LogP contribution in [0.2, 0.25) is 0 Å². The number of rotatable bonds is 3. The van der Waals surface area contributed by atoms with Crippen LogP contribution >= 0.6 is 0 Å². The van der Waals surface area contributed by atoms with Crippen LogP contribution in [0.3, 0.4) is 0 Å². The first-order valence-corrected chi connectivity index (χ1v) is 7.26. The van der Waals surface area contributed by atoms with Crippen LogP contribution in [0.5, 0.6) is 0 Å². The number of aryl methyl sites for hydroxylation is 1. The molecule has 0 saturated heterocycles. The minimum Gasteiger partial charge on any atom is -0.310 e. The smallest absolute Gasteiger partial charge is 0.228 e. The molecule has 1 saturated carbocycles. The summed E-state index contributed by atoms with van der Waals surface area (Å²) in [6, 6.07) is 7.99. The zero-order valence-electron chi connectivity index (χ0n) is 12.2. The fraction of sp³-hybridized carbons (Fsp3) is 0.250. The lowest BCUT2D eigenvalue weighted by Crippen LogP contribution is -2.14. The van der Waals surface area contributed by atoms with E-state index < -0.39 is 0 Å². The van der Waals surface area contributed by atoms with Gasteiger partial charge in [-0.15, -0.1) is 5.10 Å². The van der Waals surface area contributed by atoms with Gasteiger partial charge in [-0.1, -0.05) is 17.3 Å². The molecule has 0 radical (unpaired) electrons. The van der Waals surface area contributed by atoms with Gasteiger partial charge in [0.15, 0.2) is 0 Å². The Balaban J connectivity index is 1.71. The molecule has 110 valence electrons. The summed E-state index contributed by atoms with van der Waals surface area (Å²) >= 11 is 0. The van der Waals surface area contributed by atoms with Crippen LogP contribution in [0.15, 0.2) is 36.7 Å². The van der Waals surface area contributed by atoms with Gasteiger partial charge in [0.25, 0.3) is 0 Å². The monoisotopic (exact) mass is 293 g/mol. The highest BCUT2D eigenvalue weighted by Crippen LogP contribution is 2.30. The third-order valence-electron chi connectivity index (χ3n) is 3.93. The number of anilines is 1. The highest BCUT2D eigenvalue weighted by molar-refractivity contribution is 5.95. The van der Waals surface area contributed by atoms with Crippen LogP contribution in [0.4, 0.5) is 5.82 Å². The predicted octanol–water partition coefficient (Wildman–Crippen LogP) is 2.38. The highest BCUT2D eigenvalue weighted by atomic mass is 16.2. The van der Waals surface area contributed by atoms with Gasteiger partial charge in [0.1, 0.15) is 5.82 Å². The molecule has 1 fully saturated rings. The van der Waals surface area contributed by atoms with Crippen LogP contribution in [0.1, 0.15) is 12.8 Å². The average molecular weight is 293 g/mol. The molecule has 0 bridgehead atoms. The zero-order valence-corrected chi connectivity index (χ0v) is 12.2. The molecule has 3 aromatic rings.